The van der Waals surface area contributed by atoms with Crippen LogP contribution >= 0.6 is 0 Å². The Hall–Kier alpha value is -1.36. The molecular weight excluding hydrogens is 170 g/mol. The van der Waals surface area contributed by atoms with Crippen LogP contribution in [0.3, 0.4) is 0 Å². The second-order valence-corrected chi connectivity index (χ2v) is 2.58. The zero-order valence-corrected chi connectivity index (χ0v) is 7.54. The molecule has 0 radical (unpaired) electrons. The van der Waals surface area contributed by atoms with Crippen LogP contribution in [0.4, 0.5) is 0 Å². The largest absolute Gasteiger partial charge is 0.469 e. The van der Waals surface area contributed by atoms with Crippen LogP contribution in [-0.2, 0) is 16.1 Å². The van der Waals surface area contributed by atoms with Gasteiger partial charge in [0.1, 0.15) is 0 Å². The lowest BCUT2D eigenvalue weighted by atomic mass is 10.4. The standard InChI is InChI=1S/C8H13N3O2/c1-13-8(12)2-3-9-4-7-5-10-6-11-7/h5-6,9H,2-4H2,1H3,(H,10,11). The highest BCUT2D eigenvalue weighted by molar-refractivity contribution is 5.69. The third kappa shape index (κ3) is 3.71. The van der Waals surface area contributed by atoms with Gasteiger partial charge in [-0.3, -0.25) is 4.79 Å². The second kappa shape index (κ2) is 5.31. The molecule has 72 valence electrons. The van der Waals surface area contributed by atoms with Gasteiger partial charge in [-0.2, -0.15) is 0 Å². The predicted octanol–water partition coefficient (Wildman–Crippen LogP) is 0.0624. The summed E-state index contributed by atoms with van der Waals surface area (Å²) >= 11 is 0. The van der Waals surface area contributed by atoms with E-state index in [0.717, 1.165) is 5.69 Å². The maximum atomic E-state index is 10.7. The summed E-state index contributed by atoms with van der Waals surface area (Å²) < 4.78 is 4.49. The lowest BCUT2D eigenvalue weighted by Gasteiger charge is -2.01. The maximum absolute atomic E-state index is 10.7. The Morgan fingerprint density at radius 2 is 2.62 bits per heavy atom. The quantitative estimate of drug-likeness (QED) is 0.500. The van der Waals surface area contributed by atoms with Crippen LogP contribution in [-0.4, -0.2) is 29.6 Å². The first-order chi connectivity index (χ1) is 6.33. The molecule has 0 unspecified atom stereocenters. The molecule has 0 amide bonds. The summed E-state index contributed by atoms with van der Waals surface area (Å²) in [6, 6.07) is 0. The van der Waals surface area contributed by atoms with Crippen molar-refractivity contribution in [3.63, 3.8) is 0 Å². The number of rotatable bonds is 5. The molecule has 5 nitrogen and oxygen atoms in total. The van der Waals surface area contributed by atoms with Crippen LogP contribution in [0.15, 0.2) is 12.5 Å². The number of aromatic nitrogens is 2. The fourth-order valence-corrected chi connectivity index (χ4v) is 0.897. The van der Waals surface area contributed by atoms with Crippen LogP contribution in [0, 0.1) is 0 Å². The van der Waals surface area contributed by atoms with E-state index < -0.39 is 0 Å². The summed E-state index contributed by atoms with van der Waals surface area (Å²) in [6.45, 7) is 1.31. The summed E-state index contributed by atoms with van der Waals surface area (Å²) in [6.07, 6.45) is 3.76. The first-order valence-corrected chi connectivity index (χ1v) is 4.07. The summed E-state index contributed by atoms with van der Waals surface area (Å²) in [7, 11) is 1.39. The average Bonchev–Trinajstić information content (AvgIpc) is 2.64. The number of aromatic amines is 1. The highest BCUT2D eigenvalue weighted by Crippen LogP contribution is 1.89. The van der Waals surface area contributed by atoms with Crippen LogP contribution in [0.25, 0.3) is 0 Å². The number of esters is 1. The molecule has 1 rings (SSSR count). The lowest BCUT2D eigenvalue weighted by Crippen LogP contribution is -2.18. The third-order valence-corrected chi connectivity index (χ3v) is 1.60. The van der Waals surface area contributed by atoms with Gasteiger partial charge < -0.3 is 15.0 Å². The number of carbonyl (C=O) groups is 1. The van der Waals surface area contributed by atoms with Gasteiger partial charge in [0.25, 0.3) is 0 Å². The van der Waals surface area contributed by atoms with E-state index in [-0.39, 0.29) is 5.97 Å². The number of carbonyl (C=O) groups excluding carboxylic acids is 1. The molecule has 1 heterocycles. The number of imidazole rings is 1. The van der Waals surface area contributed by atoms with Gasteiger partial charge in [-0.15, -0.1) is 0 Å². The Balaban J connectivity index is 2.05. The topological polar surface area (TPSA) is 67.0 Å². The minimum Gasteiger partial charge on any atom is -0.469 e. The molecule has 0 spiro atoms. The SMILES string of the molecule is COC(=O)CCNCc1cnc[nH]1. The molecule has 1 aromatic rings. The molecule has 0 aliphatic heterocycles. The maximum Gasteiger partial charge on any atom is 0.306 e. The number of H-pyrrole nitrogens is 1. The van der Waals surface area contributed by atoms with Crippen molar-refractivity contribution in [3.05, 3.63) is 18.2 Å². The zero-order chi connectivity index (χ0) is 9.52. The Labute approximate surface area is 76.5 Å². The Morgan fingerprint density at radius 3 is 3.23 bits per heavy atom. The van der Waals surface area contributed by atoms with Crippen molar-refractivity contribution in [1.82, 2.24) is 15.3 Å². The van der Waals surface area contributed by atoms with Crippen LogP contribution in [0.1, 0.15) is 12.1 Å². The van der Waals surface area contributed by atoms with Gasteiger partial charge in [0, 0.05) is 25.0 Å². The van der Waals surface area contributed by atoms with Crippen molar-refractivity contribution >= 4 is 5.97 Å². The first kappa shape index (κ1) is 9.73. The summed E-state index contributed by atoms with van der Waals surface area (Å²) in [5, 5.41) is 3.08. The van der Waals surface area contributed by atoms with Crippen molar-refractivity contribution in [2.75, 3.05) is 13.7 Å². The summed E-state index contributed by atoms with van der Waals surface area (Å²) in [4.78, 5) is 17.5. The highest BCUT2D eigenvalue weighted by atomic mass is 16.5. The van der Waals surface area contributed by atoms with Gasteiger partial charge in [-0.25, -0.2) is 4.98 Å². The van der Waals surface area contributed by atoms with Crippen molar-refractivity contribution in [1.29, 1.82) is 0 Å². The van der Waals surface area contributed by atoms with Crippen molar-refractivity contribution in [3.8, 4) is 0 Å². The van der Waals surface area contributed by atoms with Gasteiger partial charge in [0.15, 0.2) is 0 Å². The van der Waals surface area contributed by atoms with E-state index in [2.05, 4.69) is 20.0 Å². The Bertz CT molecular complexity index is 246. The second-order valence-electron chi connectivity index (χ2n) is 2.58. The minimum absolute atomic E-state index is 0.197. The molecule has 0 fully saturated rings. The molecule has 13 heavy (non-hydrogen) atoms. The number of ether oxygens (including phenoxy) is 1. The number of hydrogen-bond acceptors (Lipinski definition) is 4. The van der Waals surface area contributed by atoms with E-state index in [0.29, 0.717) is 19.5 Å². The molecule has 0 aliphatic carbocycles. The van der Waals surface area contributed by atoms with Crippen molar-refractivity contribution < 1.29 is 9.53 Å². The molecule has 2 N–H and O–H groups in total. The lowest BCUT2D eigenvalue weighted by molar-refractivity contribution is -0.140. The summed E-state index contributed by atoms with van der Waals surface area (Å²) in [5.41, 5.74) is 1.00. The summed E-state index contributed by atoms with van der Waals surface area (Å²) in [5.74, 6) is -0.197. The molecule has 0 saturated heterocycles. The molecule has 0 aliphatic rings. The average molecular weight is 183 g/mol. The molecule has 0 saturated carbocycles. The first-order valence-electron chi connectivity index (χ1n) is 4.07. The van der Waals surface area contributed by atoms with Gasteiger partial charge >= 0.3 is 5.97 Å². The number of methoxy groups -OCH3 is 1. The van der Waals surface area contributed by atoms with Crippen molar-refractivity contribution in [2.45, 2.75) is 13.0 Å². The van der Waals surface area contributed by atoms with E-state index in [1.165, 1.54) is 7.11 Å². The van der Waals surface area contributed by atoms with Crippen LogP contribution in [0.5, 0.6) is 0 Å². The molecule has 0 atom stereocenters. The van der Waals surface area contributed by atoms with Gasteiger partial charge in [-0.05, 0) is 0 Å². The van der Waals surface area contributed by atoms with E-state index in [1.807, 2.05) is 0 Å². The fourth-order valence-electron chi connectivity index (χ4n) is 0.897. The zero-order valence-electron chi connectivity index (χ0n) is 7.54. The van der Waals surface area contributed by atoms with E-state index in [9.17, 15) is 4.79 Å². The van der Waals surface area contributed by atoms with E-state index in [4.69, 9.17) is 0 Å². The molecule has 0 bridgehead atoms. The molecule has 0 aromatic carbocycles. The van der Waals surface area contributed by atoms with Gasteiger partial charge in [0.2, 0.25) is 0 Å². The minimum atomic E-state index is -0.197. The number of nitrogens with zero attached hydrogens (tertiary/aromatic N) is 1. The highest BCUT2D eigenvalue weighted by Gasteiger charge is 1.98. The fraction of sp³-hybridized carbons (Fsp3) is 0.500. The van der Waals surface area contributed by atoms with Crippen LogP contribution in [0.2, 0.25) is 0 Å². The van der Waals surface area contributed by atoms with Gasteiger partial charge in [-0.1, -0.05) is 0 Å². The van der Waals surface area contributed by atoms with Gasteiger partial charge in [0.05, 0.1) is 19.9 Å². The van der Waals surface area contributed by atoms with E-state index in [1.54, 1.807) is 12.5 Å². The normalized spacial score (nSPS) is 9.92. The van der Waals surface area contributed by atoms with Crippen LogP contribution < -0.4 is 5.32 Å². The molecule has 1 aromatic heterocycles. The van der Waals surface area contributed by atoms with Crippen molar-refractivity contribution in [2.24, 2.45) is 0 Å². The molecule has 5 heteroatoms. The van der Waals surface area contributed by atoms with E-state index >= 15 is 0 Å². The number of hydrogen-bond donors (Lipinski definition) is 2. The monoisotopic (exact) mass is 183 g/mol. The molecular formula is C8H13N3O2. The smallest absolute Gasteiger partial charge is 0.306 e. The Morgan fingerprint density at radius 1 is 1.77 bits per heavy atom. The third-order valence-electron chi connectivity index (χ3n) is 1.60. The number of nitrogens with one attached hydrogen (secondary N) is 2. The Kier molecular flexibility index (Phi) is 3.98. The predicted molar refractivity (Wildman–Crippen MR) is 46.9 cm³/mol.